The van der Waals surface area contributed by atoms with E-state index in [1.54, 1.807) is 0 Å². The molecule has 0 atom stereocenters. The minimum atomic E-state index is -0.147. The van der Waals surface area contributed by atoms with E-state index in [2.05, 4.69) is 50.8 Å². The molecule has 24 heavy (non-hydrogen) atoms. The Balaban J connectivity index is 0.00000288. The van der Waals surface area contributed by atoms with Crippen LogP contribution in [0.15, 0.2) is 18.2 Å². The fraction of sp³-hybridized carbons (Fsp3) is 0.632. The first kappa shape index (κ1) is 20.9. The molecule has 0 aliphatic carbocycles. The number of hydrogen-bond acceptors (Lipinski definition) is 4. The van der Waals surface area contributed by atoms with Gasteiger partial charge in [0, 0.05) is 19.6 Å². The van der Waals surface area contributed by atoms with E-state index in [0.717, 1.165) is 49.7 Å². The van der Waals surface area contributed by atoms with Gasteiger partial charge < -0.3 is 9.47 Å². The van der Waals surface area contributed by atoms with E-state index in [0.29, 0.717) is 18.3 Å². The summed E-state index contributed by atoms with van der Waals surface area (Å²) >= 11 is 0. The Labute approximate surface area is 151 Å². The third-order valence-corrected chi connectivity index (χ3v) is 4.27. The van der Waals surface area contributed by atoms with Crippen LogP contribution in [0.25, 0.3) is 0 Å². The van der Waals surface area contributed by atoms with Crippen LogP contribution in [-0.2, 0) is 9.53 Å². The van der Waals surface area contributed by atoms with Crippen molar-refractivity contribution >= 4 is 18.4 Å². The molecule has 4 nitrogen and oxygen atoms in total. The van der Waals surface area contributed by atoms with Crippen molar-refractivity contribution in [2.45, 2.75) is 46.0 Å². The maximum Gasteiger partial charge on any atom is 0.312 e. The highest BCUT2D eigenvalue weighted by Crippen LogP contribution is 2.34. The van der Waals surface area contributed by atoms with E-state index in [4.69, 9.17) is 9.47 Å². The predicted molar refractivity (Wildman–Crippen MR) is 99.4 cm³/mol. The molecule has 1 heterocycles. The number of rotatable bonds is 6. The average Bonchev–Trinajstić information content (AvgIpc) is 2.53. The Bertz CT molecular complexity index is 499. The first-order valence-electron chi connectivity index (χ1n) is 8.62. The van der Waals surface area contributed by atoms with Gasteiger partial charge in [-0.25, -0.2) is 0 Å². The van der Waals surface area contributed by atoms with Crippen molar-refractivity contribution in [3.8, 4) is 5.75 Å². The molecule has 1 saturated heterocycles. The number of hydrogen-bond donors (Lipinski definition) is 0. The van der Waals surface area contributed by atoms with Gasteiger partial charge >= 0.3 is 5.97 Å². The van der Waals surface area contributed by atoms with Crippen molar-refractivity contribution in [3.63, 3.8) is 0 Å². The van der Waals surface area contributed by atoms with Crippen molar-refractivity contribution < 1.29 is 14.3 Å². The van der Waals surface area contributed by atoms with Crippen molar-refractivity contribution in [3.05, 3.63) is 29.3 Å². The summed E-state index contributed by atoms with van der Waals surface area (Å²) in [6.07, 6.45) is 0.421. The van der Waals surface area contributed by atoms with E-state index in [-0.39, 0.29) is 18.4 Å². The first-order valence-corrected chi connectivity index (χ1v) is 8.62. The summed E-state index contributed by atoms with van der Waals surface area (Å²) in [4.78, 5) is 14.6. The van der Waals surface area contributed by atoms with E-state index in [1.165, 1.54) is 0 Å². The van der Waals surface area contributed by atoms with Gasteiger partial charge in [0.15, 0.2) is 0 Å². The van der Waals surface area contributed by atoms with Crippen molar-refractivity contribution in [1.29, 1.82) is 0 Å². The van der Waals surface area contributed by atoms with Crippen LogP contribution in [0.5, 0.6) is 5.75 Å². The zero-order valence-electron chi connectivity index (χ0n) is 15.2. The van der Waals surface area contributed by atoms with Gasteiger partial charge in [-0.3, -0.25) is 9.69 Å². The van der Waals surface area contributed by atoms with E-state index in [9.17, 15) is 4.79 Å². The standard InChI is InChI=1S/C19H29NO3.ClH/c1-14(2)16-6-5-7-17(15(3)4)19(16)23-18(21)8-9-20-10-12-22-13-11-20;/h5-7,14-15H,8-13H2,1-4H3;1H. The Morgan fingerprint density at radius 3 is 2.17 bits per heavy atom. The smallest absolute Gasteiger partial charge is 0.312 e. The summed E-state index contributed by atoms with van der Waals surface area (Å²) in [5.41, 5.74) is 2.21. The highest BCUT2D eigenvalue weighted by molar-refractivity contribution is 5.85. The molecule has 0 amide bonds. The van der Waals surface area contributed by atoms with Gasteiger partial charge in [-0.1, -0.05) is 45.9 Å². The lowest BCUT2D eigenvalue weighted by Crippen LogP contribution is -2.37. The van der Waals surface area contributed by atoms with Crippen LogP contribution >= 0.6 is 12.4 Å². The van der Waals surface area contributed by atoms with Crippen LogP contribution in [0, 0.1) is 0 Å². The average molecular weight is 356 g/mol. The molecule has 1 aliphatic heterocycles. The Hall–Kier alpha value is -1.10. The van der Waals surface area contributed by atoms with Crippen molar-refractivity contribution in [2.75, 3.05) is 32.8 Å². The van der Waals surface area contributed by atoms with Gasteiger partial charge in [-0.05, 0) is 23.0 Å². The second-order valence-electron chi connectivity index (χ2n) is 6.75. The zero-order chi connectivity index (χ0) is 16.8. The number of carbonyl (C=O) groups is 1. The summed E-state index contributed by atoms with van der Waals surface area (Å²) in [5, 5.41) is 0. The molecule has 0 radical (unpaired) electrons. The molecule has 0 N–H and O–H groups in total. The van der Waals surface area contributed by atoms with Gasteiger partial charge in [-0.15, -0.1) is 12.4 Å². The molecule has 0 aromatic heterocycles. The van der Waals surface area contributed by atoms with Gasteiger partial charge in [0.2, 0.25) is 0 Å². The summed E-state index contributed by atoms with van der Waals surface area (Å²) in [6, 6.07) is 6.16. The number of halogens is 1. The molecule has 0 saturated carbocycles. The van der Waals surface area contributed by atoms with Crippen LogP contribution in [0.2, 0.25) is 0 Å². The summed E-state index contributed by atoms with van der Waals surface area (Å²) < 4.78 is 11.1. The van der Waals surface area contributed by atoms with Gasteiger partial charge in [0.05, 0.1) is 19.6 Å². The molecule has 1 aliphatic rings. The fourth-order valence-corrected chi connectivity index (χ4v) is 2.84. The molecule has 5 heteroatoms. The second-order valence-corrected chi connectivity index (χ2v) is 6.75. The number of nitrogens with zero attached hydrogens (tertiary/aromatic N) is 1. The SMILES string of the molecule is CC(C)c1cccc(C(C)C)c1OC(=O)CCN1CCOCC1.Cl. The minimum Gasteiger partial charge on any atom is -0.426 e. The van der Waals surface area contributed by atoms with Gasteiger partial charge in [-0.2, -0.15) is 0 Å². The first-order chi connectivity index (χ1) is 11.0. The van der Waals surface area contributed by atoms with E-state index in [1.807, 2.05) is 0 Å². The topological polar surface area (TPSA) is 38.8 Å². The highest BCUT2D eigenvalue weighted by atomic mass is 35.5. The van der Waals surface area contributed by atoms with Crippen LogP contribution in [0.4, 0.5) is 0 Å². The normalized spacial score (nSPS) is 15.4. The molecule has 2 rings (SSSR count). The molecule has 0 bridgehead atoms. The molecular weight excluding hydrogens is 326 g/mol. The molecule has 1 aromatic rings. The summed E-state index contributed by atoms with van der Waals surface area (Å²) in [7, 11) is 0. The Kier molecular flexibility index (Phi) is 8.74. The van der Waals surface area contributed by atoms with Gasteiger partial charge in [0.25, 0.3) is 0 Å². The second kappa shape index (κ2) is 10.0. The number of esters is 1. The Morgan fingerprint density at radius 1 is 1.12 bits per heavy atom. The van der Waals surface area contributed by atoms with Gasteiger partial charge in [0.1, 0.15) is 5.75 Å². The number of para-hydroxylation sites is 1. The van der Waals surface area contributed by atoms with Crippen LogP contribution in [0.1, 0.15) is 57.1 Å². The van der Waals surface area contributed by atoms with Crippen molar-refractivity contribution in [2.24, 2.45) is 0 Å². The van der Waals surface area contributed by atoms with Crippen LogP contribution < -0.4 is 4.74 Å². The Morgan fingerprint density at radius 2 is 1.67 bits per heavy atom. The number of ether oxygens (including phenoxy) is 2. The van der Waals surface area contributed by atoms with Crippen LogP contribution in [-0.4, -0.2) is 43.7 Å². The number of benzene rings is 1. The van der Waals surface area contributed by atoms with Crippen LogP contribution in [0.3, 0.4) is 0 Å². The quantitative estimate of drug-likeness (QED) is 0.571. The van der Waals surface area contributed by atoms with E-state index < -0.39 is 0 Å². The third kappa shape index (κ3) is 5.76. The predicted octanol–water partition coefficient (Wildman–Crippen LogP) is 3.98. The molecular formula is C19H30ClNO3. The molecule has 1 aromatic carbocycles. The number of carbonyl (C=O) groups excluding carboxylic acids is 1. The maximum atomic E-state index is 12.3. The number of morpholine rings is 1. The lowest BCUT2D eigenvalue weighted by Gasteiger charge is -2.26. The summed E-state index contributed by atoms with van der Waals surface area (Å²) in [6.45, 7) is 12.6. The largest absolute Gasteiger partial charge is 0.426 e. The molecule has 136 valence electrons. The molecule has 1 fully saturated rings. The lowest BCUT2D eigenvalue weighted by atomic mass is 9.94. The monoisotopic (exact) mass is 355 g/mol. The molecule has 0 spiro atoms. The highest BCUT2D eigenvalue weighted by Gasteiger charge is 2.19. The maximum absolute atomic E-state index is 12.3. The summed E-state index contributed by atoms with van der Waals surface area (Å²) in [5.74, 6) is 1.28. The molecule has 0 unspecified atom stereocenters. The lowest BCUT2D eigenvalue weighted by molar-refractivity contribution is -0.135. The van der Waals surface area contributed by atoms with E-state index >= 15 is 0 Å². The minimum absolute atomic E-state index is 0. The third-order valence-electron chi connectivity index (χ3n) is 4.27. The fourth-order valence-electron chi connectivity index (χ4n) is 2.84. The van der Waals surface area contributed by atoms with Crippen molar-refractivity contribution in [1.82, 2.24) is 4.90 Å². The zero-order valence-corrected chi connectivity index (χ0v) is 16.0.